The zero-order valence-corrected chi connectivity index (χ0v) is 22.3. The minimum atomic E-state index is -4.60. The number of anilines is 4. The summed E-state index contributed by atoms with van der Waals surface area (Å²) in [6, 6.07) is 6.62. The minimum Gasteiger partial charge on any atom is -0.324 e. The van der Waals surface area contributed by atoms with E-state index in [0.29, 0.717) is 5.92 Å². The fourth-order valence-corrected chi connectivity index (χ4v) is 5.92. The molecule has 10 heteroatoms. The van der Waals surface area contributed by atoms with Crippen LogP contribution in [0, 0.1) is 20.8 Å². The lowest BCUT2D eigenvalue weighted by molar-refractivity contribution is -0.137. The lowest BCUT2D eigenvalue weighted by Crippen LogP contribution is -2.41. The zero-order chi connectivity index (χ0) is 26.9. The lowest BCUT2D eigenvalue weighted by Gasteiger charge is -2.39. The standard InChI is InChI=1S/C28H36F3N7/c1-17-14-24(18(2)13-22(17)20-7-9-21(10-8-20)38-11-5-4-6-12-38)33-27-32-16-23(28(29,30)31)26(35-27)34-25-15-19(3)36-37-25/h13-16,20-21H,4-12H2,1-3H3,(H3,32,33,34,35,36,37)/t20-,21+. The number of halogens is 3. The van der Waals surface area contributed by atoms with Crippen LogP contribution in [0.4, 0.5) is 36.4 Å². The molecule has 3 heterocycles. The van der Waals surface area contributed by atoms with Gasteiger partial charge in [0.15, 0.2) is 5.82 Å². The van der Waals surface area contributed by atoms with Crippen molar-refractivity contribution in [2.24, 2.45) is 0 Å². The predicted octanol–water partition coefficient (Wildman–Crippen LogP) is 7.14. The quantitative estimate of drug-likeness (QED) is 0.316. The summed E-state index contributed by atoms with van der Waals surface area (Å²) in [5.41, 5.74) is 4.12. The fraction of sp³-hybridized carbons (Fsp3) is 0.536. The number of benzene rings is 1. The molecule has 0 unspecified atom stereocenters. The first-order chi connectivity index (χ1) is 18.2. The Labute approximate surface area is 221 Å². The fourth-order valence-electron chi connectivity index (χ4n) is 5.92. The first kappa shape index (κ1) is 26.5. The van der Waals surface area contributed by atoms with E-state index in [9.17, 15) is 13.2 Å². The normalized spacial score (nSPS) is 20.9. The van der Waals surface area contributed by atoms with Gasteiger partial charge in [-0.15, -0.1) is 0 Å². The Morgan fingerprint density at radius 3 is 2.32 bits per heavy atom. The molecule has 3 N–H and O–H groups in total. The van der Waals surface area contributed by atoms with Gasteiger partial charge in [0.05, 0.1) is 0 Å². The van der Waals surface area contributed by atoms with Gasteiger partial charge in [-0.25, -0.2) is 4.98 Å². The summed E-state index contributed by atoms with van der Waals surface area (Å²) in [4.78, 5) is 10.8. The van der Waals surface area contributed by atoms with Gasteiger partial charge >= 0.3 is 6.18 Å². The highest BCUT2D eigenvalue weighted by molar-refractivity contribution is 5.64. The predicted molar refractivity (Wildman–Crippen MR) is 143 cm³/mol. The molecule has 0 amide bonds. The third-order valence-electron chi connectivity index (χ3n) is 7.95. The number of hydrogen-bond donors (Lipinski definition) is 3. The summed E-state index contributed by atoms with van der Waals surface area (Å²) in [5.74, 6) is 0.534. The highest BCUT2D eigenvalue weighted by Crippen LogP contribution is 2.39. The molecule has 1 aromatic carbocycles. The van der Waals surface area contributed by atoms with Crippen LogP contribution in [0.2, 0.25) is 0 Å². The molecule has 5 rings (SSSR count). The van der Waals surface area contributed by atoms with Crippen molar-refractivity contribution < 1.29 is 13.2 Å². The van der Waals surface area contributed by atoms with Crippen molar-refractivity contribution in [3.63, 3.8) is 0 Å². The molecule has 3 aromatic rings. The largest absolute Gasteiger partial charge is 0.421 e. The molecule has 1 saturated carbocycles. The number of rotatable bonds is 6. The molecule has 7 nitrogen and oxygen atoms in total. The molecule has 2 aliphatic rings. The number of nitrogens with one attached hydrogen (secondary N) is 3. The Balaban J connectivity index is 1.31. The van der Waals surface area contributed by atoms with Gasteiger partial charge in [0.2, 0.25) is 5.95 Å². The maximum atomic E-state index is 13.6. The number of piperidine rings is 1. The second kappa shape index (κ2) is 10.9. The number of aromatic nitrogens is 4. The van der Waals surface area contributed by atoms with E-state index in [1.54, 1.807) is 13.0 Å². The monoisotopic (exact) mass is 527 g/mol. The SMILES string of the molecule is Cc1cc(Nc2nc(Nc3cc(C)c([C@H]4CC[C@@H](N5CCCCC5)CC4)cc3C)ncc2C(F)(F)F)n[nH]1. The van der Waals surface area contributed by atoms with Crippen LogP contribution in [0.1, 0.15) is 78.8 Å². The van der Waals surface area contributed by atoms with E-state index < -0.39 is 11.7 Å². The van der Waals surface area contributed by atoms with Crippen LogP contribution in [0.15, 0.2) is 24.4 Å². The van der Waals surface area contributed by atoms with Gasteiger partial charge in [-0.1, -0.05) is 12.5 Å². The smallest absolute Gasteiger partial charge is 0.324 e. The van der Waals surface area contributed by atoms with Crippen LogP contribution in [-0.2, 0) is 6.18 Å². The lowest BCUT2D eigenvalue weighted by atomic mass is 9.79. The number of nitrogens with zero attached hydrogens (tertiary/aromatic N) is 4. The average Bonchev–Trinajstić information content (AvgIpc) is 3.30. The van der Waals surface area contributed by atoms with E-state index in [0.717, 1.165) is 29.2 Å². The molecule has 2 aromatic heterocycles. The van der Waals surface area contributed by atoms with Crippen molar-refractivity contribution >= 4 is 23.3 Å². The van der Waals surface area contributed by atoms with Gasteiger partial charge in [-0.3, -0.25) is 5.10 Å². The maximum Gasteiger partial charge on any atom is 0.421 e. The summed E-state index contributed by atoms with van der Waals surface area (Å²) in [5, 5.41) is 12.5. The van der Waals surface area contributed by atoms with Crippen molar-refractivity contribution in [2.45, 2.75) is 83.9 Å². The van der Waals surface area contributed by atoms with Gasteiger partial charge in [-0.05, 0) is 101 Å². The Morgan fingerprint density at radius 1 is 0.921 bits per heavy atom. The number of aromatic amines is 1. The van der Waals surface area contributed by atoms with E-state index in [1.807, 2.05) is 6.92 Å². The van der Waals surface area contributed by atoms with Gasteiger partial charge in [0.1, 0.15) is 11.4 Å². The number of alkyl halides is 3. The highest BCUT2D eigenvalue weighted by atomic mass is 19.4. The maximum absolute atomic E-state index is 13.6. The van der Waals surface area contributed by atoms with Gasteiger partial charge in [0, 0.05) is 29.7 Å². The van der Waals surface area contributed by atoms with E-state index in [1.165, 1.54) is 69.2 Å². The van der Waals surface area contributed by atoms with Gasteiger partial charge in [0.25, 0.3) is 0 Å². The molecular weight excluding hydrogens is 491 g/mol. The molecule has 1 saturated heterocycles. The molecule has 0 atom stereocenters. The molecule has 204 valence electrons. The highest BCUT2D eigenvalue weighted by Gasteiger charge is 2.35. The van der Waals surface area contributed by atoms with Crippen LogP contribution >= 0.6 is 0 Å². The summed E-state index contributed by atoms with van der Waals surface area (Å²) < 4.78 is 40.8. The molecule has 0 bridgehead atoms. The minimum absolute atomic E-state index is 0.0880. The molecule has 1 aliphatic carbocycles. The van der Waals surface area contributed by atoms with Gasteiger partial charge in [-0.2, -0.15) is 23.3 Å². The number of aryl methyl sites for hydroxylation is 3. The van der Waals surface area contributed by atoms with E-state index in [-0.39, 0.29) is 17.6 Å². The third-order valence-corrected chi connectivity index (χ3v) is 7.95. The second-order valence-electron chi connectivity index (χ2n) is 10.8. The number of hydrogen-bond acceptors (Lipinski definition) is 6. The van der Waals surface area contributed by atoms with Crippen LogP contribution in [-0.4, -0.2) is 44.2 Å². The average molecular weight is 528 g/mol. The third kappa shape index (κ3) is 5.95. The Hall–Kier alpha value is -3.14. The van der Waals surface area contributed by atoms with Crippen LogP contribution < -0.4 is 10.6 Å². The number of likely N-dealkylation sites (tertiary alicyclic amines) is 1. The van der Waals surface area contributed by atoms with Crippen molar-refractivity contribution in [1.82, 2.24) is 25.1 Å². The summed E-state index contributed by atoms with van der Waals surface area (Å²) >= 11 is 0. The molecule has 0 spiro atoms. The number of H-pyrrole nitrogens is 1. The Kier molecular flexibility index (Phi) is 7.61. The topological polar surface area (TPSA) is 81.8 Å². The molecule has 0 radical (unpaired) electrons. The molecule has 1 aliphatic heterocycles. The van der Waals surface area contributed by atoms with Crippen molar-refractivity contribution in [1.29, 1.82) is 0 Å². The summed E-state index contributed by atoms with van der Waals surface area (Å²) in [6.45, 7) is 8.39. The van der Waals surface area contributed by atoms with Crippen molar-refractivity contribution in [3.05, 3.63) is 52.3 Å². The Bertz CT molecular complexity index is 1260. The van der Waals surface area contributed by atoms with E-state index in [2.05, 4.69) is 54.8 Å². The molecule has 2 fully saturated rings. The van der Waals surface area contributed by atoms with E-state index >= 15 is 0 Å². The first-order valence-electron chi connectivity index (χ1n) is 13.5. The van der Waals surface area contributed by atoms with Gasteiger partial charge < -0.3 is 15.5 Å². The van der Waals surface area contributed by atoms with Crippen molar-refractivity contribution in [3.8, 4) is 0 Å². The first-order valence-corrected chi connectivity index (χ1v) is 13.5. The zero-order valence-electron chi connectivity index (χ0n) is 22.3. The molecular formula is C28H36F3N7. The molecule has 38 heavy (non-hydrogen) atoms. The van der Waals surface area contributed by atoms with Crippen molar-refractivity contribution in [2.75, 3.05) is 23.7 Å². The summed E-state index contributed by atoms with van der Waals surface area (Å²) in [7, 11) is 0. The van der Waals surface area contributed by atoms with Crippen LogP contribution in [0.5, 0.6) is 0 Å². The Morgan fingerprint density at radius 2 is 1.66 bits per heavy atom. The van der Waals surface area contributed by atoms with Crippen LogP contribution in [0.3, 0.4) is 0 Å². The summed E-state index contributed by atoms with van der Waals surface area (Å²) in [6.07, 6.45) is 5.09. The van der Waals surface area contributed by atoms with E-state index in [4.69, 9.17) is 0 Å². The van der Waals surface area contributed by atoms with Crippen LogP contribution in [0.25, 0.3) is 0 Å². The second-order valence-corrected chi connectivity index (χ2v) is 10.8.